The van der Waals surface area contributed by atoms with E-state index in [4.69, 9.17) is 5.53 Å². The number of hydrogen-bond donors (Lipinski definition) is 0. The van der Waals surface area contributed by atoms with Gasteiger partial charge in [0.05, 0.1) is 0 Å². The van der Waals surface area contributed by atoms with Crippen molar-refractivity contribution in [1.29, 1.82) is 0 Å². The highest BCUT2D eigenvalue weighted by atomic mass is 15.2. The van der Waals surface area contributed by atoms with Gasteiger partial charge in [-0.15, -0.1) is 0 Å². The fraction of sp³-hybridized carbons (Fsp3) is 1.00. The minimum Gasteiger partial charge on any atom is -0.0873 e. The third kappa shape index (κ3) is 1.92. The summed E-state index contributed by atoms with van der Waals surface area (Å²) in [6.45, 7) is 10.0. The van der Waals surface area contributed by atoms with Crippen molar-refractivity contribution in [1.82, 2.24) is 0 Å². The molecular weight excluding hydrogens is 126 g/mol. The van der Waals surface area contributed by atoms with Crippen LogP contribution >= 0.6 is 0 Å². The molecule has 0 atom stereocenters. The standard InChI is InChI=1S/C7H15N3/c1-6(2,3)7(4,5)9-10-8/h1-5H3. The highest BCUT2D eigenvalue weighted by Crippen LogP contribution is 2.32. The molecule has 0 rings (SSSR count). The molecule has 0 aliphatic heterocycles. The van der Waals surface area contributed by atoms with E-state index < -0.39 is 0 Å². The fourth-order valence-corrected chi connectivity index (χ4v) is 0.262. The molecule has 0 saturated heterocycles. The van der Waals surface area contributed by atoms with Crippen LogP contribution in [0, 0.1) is 5.41 Å². The van der Waals surface area contributed by atoms with Crippen LogP contribution in [0.1, 0.15) is 34.6 Å². The topological polar surface area (TPSA) is 48.8 Å². The summed E-state index contributed by atoms with van der Waals surface area (Å²) in [7, 11) is 0. The SMILES string of the molecule is CC(C)(C)C(C)(C)N=[N+]=[N-]. The van der Waals surface area contributed by atoms with Crippen molar-refractivity contribution in [3.8, 4) is 0 Å². The lowest BCUT2D eigenvalue weighted by molar-refractivity contribution is 0.230. The van der Waals surface area contributed by atoms with Gasteiger partial charge < -0.3 is 0 Å². The van der Waals surface area contributed by atoms with Crippen LogP contribution in [0.5, 0.6) is 0 Å². The van der Waals surface area contributed by atoms with Crippen LogP contribution in [0.4, 0.5) is 0 Å². The predicted octanol–water partition coefficient (Wildman–Crippen LogP) is 3.12. The van der Waals surface area contributed by atoms with Gasteiger partial charge in [-0.3, -0.25) is 0 Å². The first-order chi connectivity index (χ1) is 4.31. The summed E-state index contributed by atoms with van der Waals surface area (Å²) in [5.74, 6) is 0. The van der Waals surface area contributed by atoms with E-state index >= 15 is 0 Å². The Morgan fingerprint density at radius 3 is 1.60 bits per heavy atom. The Balaban J connectivity index is 4.56. The molecule has 0 aromatic carbocycles. The zero-order valence-electron chi connectivity index (χ0n) is 7.34. The van der Waals surface area contributed by atoms with Crippen LogP contribution in [0.25, 0.3) is 10.4 Å². The van der Waals surface area contributed by atoms with Crippen LogP contribution in [0.3, 0.4) is 0 Å². The van der Waals surface area contributed by atoms with Crippen LogP contribution in [-0.2, 0) is 0 Å². The van der Waals surface area contributed by atoms with Crippen LogP contribution < -0.4 is 0 Å². The minimum atomic E-state index is -0.304. The molecule has 0 amide bonds. The highest BCUT2D eigenvalue weighted by molar-refractivity contribution is 4.89. The lowest BCUT2D eigenvalue weighted by Gasteiger charge is -2.33. The number of nitrogens with zero attached hydrogens (tertiary/aromatic N) is 3. The second-order valence-electron chi connectivity index (χ2n) is 4.00. The van der Waals surface area contributed by atoms with Crippen molar-refractivity contribution in [2.75, 3.05) is 0 Å². The third-order valence-electron chi connectivity index (χ3n) is 2.13. The molecule has 0 N–H and O–H groups in total. The average molecular weight is 141 g/mol. The van der Waals surface area contributed by atoms with Gasteiger partial charge in [0.15, 0.2) is 0 Å². The van der Waals surface area contributed by atoms with E-state index in [0.717, 1.165) is 0 Å². The maximum Gasteiger partial charge on any atom is 0.0480 e. The van der Waals surface area contributed by atoms with Crippen LogP contribution in [0.2, 0.25) is 0 Å². The molecule has 0 aromatic rings. The third-order valence-corrected chi connectivity index (χ3v) is 2.13. The number of rotatable bonds is 1. The van der Waals surface area contributed by atoms with Gasteiger partial charge in [0.2, 0.25) is 0 Å². The van der Waals surface area contributed by atoms with E-state index in [9.17, 15) is 0 Å². The van der Waals surface area contributed by atoms with E-state index in [2.05, 4.69) is 30.8 Å². The Morgan fingerprint density at radius 2 is 1.50 bits per heavy atom. The molecule has 3 nitrogen and oxygen atoms in total. The summed E-state index contributed by atoms with van der Waals surface area (Å²) in [5, 5.41) is 3.71. The van der Waals surface area contributed by atoms with Gasteiger partial charge >= 0.3 is 0 Å². The lowest BCUT2D eigenvalue weighted by atomic mass is 9.77. The van der Waals surface area contributed by atoms with Gasteiger partial charge in [-0.05, 0) is 10.9 Å². The molecule has 0 aliphatic rings. The quantitative estimate of drug-likeness (QED) is 0.306. The lowest BCUT2D eigenvalue weighted by Crippen LogP contribution is -2.33. The summed E-state index contributed by atoms with van der Waals surface area (Å²) in [6.07, 6.45) is 0. The zero-order valence-corrected chi connectivity index (χ0v) is 7.34. The maximum atomic E-state index is 8.22. The van der Waals surface area contributed by atoms with E-state index in [1.54, 1.807) is 0 Å². The number of azide groups is 1. The van der Waals surface area contributed by atoms with Gasteiger partial charge in [0.1, 0.15) is 0 Å². The van der Waals surface area contributed by atoms with Gasteiger partial charge in [-0.1, -0.05) is 39.7 Å². The van der Waals surface area contributed by atoms with Crippen molar-refractivity contribution in [2.45, 2.75) is 40.2 Å². The highest BCUT2D eigenvalue weighted by Gasteiger charge is 2.31. The second-order valence-corrected chi connectivity index (χ2v) is 4.00. The van der Waals surface area contributed by atoms with Crippen molar-refractivity contribution in [2.24, 2.45) is 10.5 Å². The zero-order chi connectivity index (χ0) is 8.41. The monoisotopic (exact) mass is 141 g/mol. The Labute approximate surface area is 62.1 Å². The molecule has 0 fully saturated rings. The molecule has 58 valence electrons. The van der Waals surface area contributed by atoms with Crippen LogP contribution in [-0.4, -0.2) is 5.54 Å². The smallest absolute Gasteiger partial charge is 0.0480 e. The summed E-state index contributed by atoms with van der Waals surface area (Å²) < 4.78 is 0. The van der Waals surface area contributed by atoms with Crippen molar-refractivity contribution in [3.63, 3.8) is 0 Å². The molecule has 0 saturated carbocycles. The normalized spacial score (nSPS) is 12.5. The molecule has 0 heterocycles. The Hall–Kier alpha value is -0.690. The average Bonchev–Trinajstić information content (AvgIpc) is 1.61. The van der Waals surface area contributed by atoms with E-state index in [-0.39, 0.29) is 11.0 Å². The first-order valence-electron chi connectivity index (χ1n) is 3.37. The predicted molar refractivity (Wildman–Crippen MR) is 42.7 cm³/mol. The van der Waals surface area contributed by atoms with E-state index in [1.165, 1.54) is 0 Å². The van der Waals surface area contributed by atoms with Gasteiger partial charge in [0.25, 0.3) is 0 Å². The summed E-state index contributed by atoms with van der Waals surface area (Å²) >= 11 is 0. The Morgan fingerprint density at radius 1 is 1.10 bits per heavy atom. The minimum absolute atomic E-state index is 0.0270. The van der Waals surface area contributed by atoms with Gasteiger partial charge in [0, 0.05) is 10.5 Å². The van der Waals surface area contributed by atoms with Gasteiger partial charge in [-0.2, -0.15) is 0 Å². The van der Waals surface area contributed by atoms with Gasteiger partial charge in [-0.25, -0.2) is 0 Å². The van der Waals surface area contributed by atoms with Crippen LogP contribution in [0.15, 0.2) is 5.11 Å². The summed E-state index contributed by atoms with van der Waals surface area (Å²) in [4.78, 5) is 2.80. The summed E-state index contributed by atoms with van der Waals surface area (Å²) in [5.41, 5.74) is 7.95. The van der Waals surface area contributed by atoms with Crippen molar-refractivity contribution < 1.29 is 0 Å². The van der Waals surface area contributed by atoms with Crippen molar-refractivity contribution in [3.05, 3.63) is 10.4 Å². The Kier molecular flexibility index (Phi) is 2.33. The fourth-order valence-electron chi connectivity index (χ4n) is 0.262. The van der Waals surface area contributed by atoms with Crippen molar-refractivity contribution >= 4 is 0 Å². The largest absolute Gasteiger partial charge is 0.0873 e. The molecule has 10 heavy (non-hydrogen) atoms. The Bertz CT molecular complexity index is 158. The molecule has 0 unspecified atom stereocenters. The molecule has 0 aromatic heterocycles. The van der Waals surface area contributed by atoms with E-state index in [1.807, 2.05) is 13.8 Å². The molecular formula is C7H15N3. The molecule has 0 radical (unpaired) electrons. The molecule has 0 aliphatic carbocycles. The second kappa shape index (κ2) is 2.51. The summed E-state index contributed by atoms with van der Waals surface area (Å²) in [6, 6.07) is 0. The molecule has 0 bridgehead atoms. The maximum absolute atomic E-state index is 8.22. The van der Waals surface area contributed by atoms with E-state index in [0.29, 0.717) is 0 Å². The first-order valence-corrected chi connectivity index (χ1v) is 3.37. The molecule has 0 spiro atoms. The first kappa shape index (κ1) is 9.31. The number of hydrogen-bond acceptors (Lipinski definition) is 1. The molecule has 3 heteroatoms.